The Morgan fingerprint density at radius 2 is 1.88 bits per heavy atom. The summed E-state index contributed by atoms with van der Waals surface area (Å²) >= 11 is 1.34. The molecule has 0 aliphatic carbocycles. The van der Waals surface area contributed by atoms with Gasteiger partial charge in [0.15, 0.2) is 0 Å². The van der Waals surface area contributed by atoms with E-state index >= 15 is 0 Å². The van der Waals surface area contributed by atoms with Crippen molar-refractivity contribution in [1.29, 1.82) is 0 Å². The van der Waals surface area contributed by atoms with E-state index in [0.29, 0.717) is 33.8 Å². The highest BCUT2D eigenvalue weighted by atomic mass is 32.2. The van der Waals surface area contributed by atoms with Crippen LogP contribution in [-0.2, 0) is 5.75 Å². The number of nitrogens with one attached hydrogen (secondary N) is 2. The van der Waals surface area contributed by atoms with Crippen LogP contribution in [0.25, 0.3) is 5.69 Å². The first-order chi connectivity index (χ1) is 16.5. The first kappa shape index (κ1) is 22.8. The number of guanidine groups is 1. The number of ether oxygens (including phenoxy) is 2. The van der Waals surface area contributed by atoms with Crippen molar-refractivity contribution in [2.45, 2.75) is 10.9 Å². The summed E-state index contributed by atoms with van der Waals surface area (Å²) in [6.07, 6.45) is 0. The van der Waals surface area contributed by atoms with Crippen molar-refractivity contribution in [3.8, 4) is 17.2 Å². The quantitative estimate of drug-likeness (QED) is 0.194. The molecular weight excluding hydrogens is 458 g/mol. The summed E-state index contributed by atoms with van der Waals surface area (Å²) in [4.78, 5) is 23.3. The molecule has 4 N–H and O–H groups in total. The number of aromatic nitrogens is 6. The summed E-state index contributed by atoms with van der Waals surface area (Å²) in [5.41, 5.74) is 7.57. The van der Waals surface area contributed by atoms with Crippen LogP contribution in [0.2, 0.25) is 0 Å². The molecule has 12 nitrogen and oxygen atoms in total. The van der Waals surface area contributed by atoms with Crippen LogP contribution in [0.1, 0.15) is 5.69 Å². The van der Waals surface area contributed by atoms with E-state index in [4.69, 9.17) is 15.2 Å². The summed E-state index contributed by atoms with van der Waals surface area (Å²) in [6, 6.07) is 16.1. The van der Waals surface area contributed by atoms with Gasteiger partial charge in [-0.2, -0.15) is 9.67 Å². The minimum atomic E-state index is -0.358. The molecule has 0 amide bonds. The molecule has 0 fully saturated rings. The van der Waals surface area contributed by atoms with Crippen molar-refractivity contribution < 1.29 is 9.47 Å². The first-order valence-electron chi connectivity index (χ1n) is 9.95. The standard InChI is InChI=1S/C21H21N9O3S/c1-32-16-8-13(9-17(11-16)33-2)23-19(22)26-20-24-14(10-18(31)25-20)12-34-21-27-28-29-30(21)15-6-4-3-5-7-15/h3-11H,12H2,1-2H3,(H4,22,23,24,25,26,31). The Morgan fingerprint density at radius 3 is 2.59 bits per heavy atom. The summed E-state index contributed by atoms with van der Waals surface area (Å²) in [7, 11) is 3.10. The highest BCUT2D eigenvalue weighted by molar-refractivity contribution is 7.98. The highest BCUT2D eigenvalue weighted by Gasteiger charge is 2.11. The van der Waals surface area contributed by atoms with Crippen LogP contribution in [0.5, 0.6) is 11.5 Å². The fraction of sp³-hybridized carbons (Fsp3) is 0.143. The number of hydrogen-bond acceptors (Lipinski definition) is 9. The summed E-state index contributed by atoms with van der Waals surface area (Å²) in [5.74, 6) is 1.60. The third-order valence-corrected chi connectivity index (χ3v) is 5.38. The average Bonchev–Trinajstić information content (AvgIpc) is 3.31. The van der Waals surface area contributed by atoms with Crippen molar-refractivity contribution in [2.75, 3.05) is 19.5 Å². The molecule has 0 aliphatic rings. The van der Waals surface area contributed by atoms with Crippen molar-refractivity contribution in [3.05, 3.63) is 70.6 Å². The third kappa shape index (κ3) is 5.69. The van der Waals surface area contributed by atoms with Gasteiger partial charge in [-0.1, -0.05) is 30.0 Å². The van der Waals surface area contributed by atoms with E-state index in [1.54, 1.807) is 37.1 Å². The number of methoxy groups -OCH3 is 2. The van der Waals surface area contributed by atoms with E-state index < -0.39 is 0 Å². The molecule has 174 valence electrons. The number of anilines is 1. The number of para-hydroxylation sites is 1. The van der Waals surface area contributed by atoms with Crippen LogP contribution in [0, 0.1) is 0 Å². The van der Waals surface area contributed by atoms with Crippen molar-refractivity contribution in [3.63, 3.8) is 0 Å². The maximum absolute atomic E-state index is 12.2. The number of thioether (sulfide) groups is 1. The largest absolute Gasteiger partial charge is 0.497 e. The number of aromatic amines is 1. The predicted molar refractivity (Wildman–Crippen MR) is 128 cm³/mol. The second kappa shape index (κ2) is 10.5. The molecule has 34 heavy (non-hydrogen) atoms. The number of tetrazole rings is 1. The molecule has 0 saturated heterocycles. The number of nitrogens with two attached hydrogens (primary N) is 1. The second-order valence-corrected chi connectivity index (χ2v) is 7.72. The molecule has 0 bridgehead atoms. The SMILES string of the molecule is COc1cc(N/C(N)=N/c2nc(CSc3nnnn3-c3ccccc3)cc(=O)[nH]2)cc(OC)c1. The fourth-order valence-corrected chi connectivity index (χ4v) is 3.71. The Labute approximate surface area is 198 Å². The van der Waals surface area contributed by atoms with E-state index in [2.05, 4.69) is 35.8 Å². The van der Waals surface area contributed by atoms with Gasteiger partial charge in [0.1, 0.15) is 11.5 Å². The maximum atomic E-state index is 12.2. The number of benzene rings is 2. The maximum Gasteiger partial charge on any atom is 0.252 e. The lowest BCUT2D eigenvalue weighted by atomic mass is 10.3. The van der Waals surface area contributed by atoms with Gasteiger partial charge >= 0.3 is 0 Å². The van der Waals surface area contributed by atoms with E-state index in [-0.39, 0.29) is 17.5 Å². The van der Waals surface area contributed by atoms with E-state index in [1.165, 1.54) is 17.8 Å². The minimum absolute atomic E-state index is 0.0243. The van der Waals surface area contributed by atoms with Gasteiger partial charge in [0.05, 0.1) is 25.6 Å². The van der Waals surface area contributed by atoms with Gasteiger partial charge in [-0.05, 0) is 22.6 Å². The average molecular weight is 480 g/mol. The molecule has 4 aromatic rings. The van der Waals surface area contributed by atoms with Crippen LogP contribution >= 0.6 is 11.8 Å². The van der Waals surface area contributed by atoms with Crippen LogP contribution < -0.4 is 26.1 Å². The topological polar surface area (TPSA) is 158 Å². The van der Waals surface area contributed by atoms with Crippen LogP contribution in [-0.4, -0.2) is 50.4 Å². The molecule has 2 aromatic heterocycles. The molecule has 0 spiro atoms. The fourth-order valence-electron chi connectivity index (χ4n) is 2.93. The molecule has 0 atom stereocenters. The molecule has 0 radical (unpaired) electrons. The lowest BCUT2D eigenvalue weighted by molar-refractivity contribution is 0.395. The number of H-pyrrole nitrogens is 1. The summed E-state index contributed by atoms with van der Waals surface area (Å²) < 4.78 is 12.1. The van der Waals surface area contributed by atoms with Gasteiger partial charge in [-0.3, -0.25) is 9.78 Å². The lowest BCUT2D eigenvalue weighted by Gasteiger charge is -2.10. The van der Waals surface area contributed by atoms with Crippen molar-refractivity contribution in [1.82, 2.24) is 30.2 Å². The van der Waals surface area contributed by atoms with E-state index in [0.717, 1.165) is 5.69 Å². The molecule has 4 rings (SSSR count). The molecule has 0 unspecified atom stereocenters. The summed E-state index contributed by atoms with van der Waals surface area (Å²) in [6.45, 7) is 0. The molecule has 2 aromatic carbocycles. The Hall–Kier alpha value is -4.39. The first-order valence-corrected chi connectivity index (χ1v) is 10.9. The van der Waals surface area contributed by atoms with Gasteiger partial charge in [0.25, 0.3) is 5.56 Å². The smallest absolute Gasteiger partial charge is 0.252 e. The Balaban J connectivity index is 1.49. The normalized spacial score (nSPS) is 11.3. The summed E-state index contributed by atoms with van der Waals surface area (Å²) in [5, 5.41) is 15.3. The Morgan fingerprint density at radius 1 is 1.15 bits per heavy atom. The zero-order valence-corrected chi connectivity index (χ0v) is 19.1. The zero-order chi connectivity index (χ0) is 23.9. The monoisotopic (exact) mass is 479 g/mol. The van der Waals surface area contributed by atoms with Gasteiger partial charge in [-0.25, -0.2) is 4.98 Å². The molecule has 0 saturated carbocycles. The number of aliphatic imine (C=N–C) groups is 1. The molecule has 0 aliphatic heterocycles. The van der Waals surface area contributed by atoms with Crippen molar-refractivity contribution >= 4 is 29.4 Å². The van der Waals surface area contributed by atoms with E-state index in [9.17, 15) is 4.79 Å². The zero-order valence-electron chi connectivity index (χ0n) is 18.3. The second-order valence-electron chi connectivity index (χ2n) is 6.78. The Bertz CT molecular complexity index is 1330. The molecular formula is C21H21N9O3S. The van der Waals surface area contributed by atoms with Crippen LogP contribution in [0.15, 0.2) is 69.5 Å². The number of rotatable bonds is 8. The van der Waals surface area contributed by atoms with Gasteiger partial charge in [0.2, 0.25) is 17.1 Å². The van der Waals surface area contributed by atoms with E-state index in [1.807, 2.05) is 30.3 Å². The van der Waals surface area contributed by atoms with Crippen LogP contribution in [0.3, 0.4) is 0 Å². The predicted octanol–water partition coefficient (Wildman–Crippen LogP) is 2.11. The Kier molecular flexibility index (Phi) is 7.03. The third-order valence-electron chi connectivity index (χ3n) is 4.42. The molecule has 13 heteroatoms. The number of nitrogens with zero attached hydrogens (tertiary/aromatic N) is 6. The number of hydrogen-bond donors (Lipinski definition) is 3. The minimum Gasteiger partial charge on any atom is -0.497 e. The highest BCUT2D eigenvalue weighted by Crippen LogP contribution is 2.26. The van der Waals surface area contributed by atoms with Gasteiger partial charge in [0, 0.05) is 35.7 Å². The van der Waals surface area contributed by atoms with Gasteiger partial charge in [-0.15, -0.1) is 5.10 Å². The van der Waals surface area contributed by atoms with Crippen LogP contribution in [0.4, 0.5) is 11.6 Å². The van der Waals surface area contributed by atoms with Gasteiger partial charge < -0.3 is 20.5 Å². The lowest BCUT2D eigenvalue weighted by Crippen LogP contribution is -2.22. The van der Waals surface area contributed by atoms with Crippen molar-refractivity contribution in [2.24, 2.45) is 10.7 Å². The molecule has 2 heterocycles.